The van der Waals surface area contributed by atoms with Crippen molar-refractivity contribution in [2.75, 3.05) is 18.6 Å². The van der Waals surface area contributed by atoms with Crippen LogP contribution in [-0.4, -0.2) is 43.6 Å². The highest BCUT2D eigenvalue weighted by molar-refractivity contribution is 5.92. The Morgan fingerprint density at radius 2 is 2.00 bits per heavy atom. The maximum atomic E-state index is 14.8. The van der Waals surface area contributed by atoms with Gasteiger partial charge >= 0.3 is 0 Å². The Kier molecular flexibility index (Phi) is 5.26. The molecule has 0 saturated carbocycles. The van der Waals surface area contributed by atoms with Crippen LogP contribution in [0.4, 0.5) is 10.2 Å². The average molecular weight is 407 g/mol. The fourth-order valence-corrected chi connectivity index (χ4v) is 3.45. The quantitative estimate of drug-likeness (QED) is 0.484. The Labute approximate surface area is 173 Å². The van der Waals surface area contributed by atoms with Crippen LogP contribution in [0.25, 0.3) is 16.6 Å². The molecule has 8 nitrogen and oxygen atoms in total. The van der Waals surface area contributed by atoms with Crippen LogP contribution in [0.15, 0.2) is 36.8 Å². The smallest absolute Gasteiger partial charge is 0.179 e. The van der Waals surface area contributed by atoms with E-state index in [0.29, 0.717) is 35.9 Å². The van der Waals surface area contributed by atoms with Gasteiger partial charge in [-0.3, -0.25) is 9.97 Å². The highest BCUT2D eigenvalue weighted by atomic mass is 19.1. The molecule has 3 heterocycles. The first-order valence-corrected chi connectivity index (χ1v) is 9.61. The number of nitrogens with zero attached hydrogens (tertiary/aromatic N) is 7. The van der Waals surface area contributed by atoms with Gasteiger partial charge in [-0.15, -0.1) is 5.10 Å². The van der Waals surface area contributed by atoms with Crippen molar-refractivity contribution in [3.05, 3.63) is 59.7 Å². The van der Waals surface area contributed by atoms with Crippen LogP contribution in [0.5, 0.6) is 5.75 Å². The van der Waals surface area contributed by atoms with E-state index < -0.39 is 5.82 Å². The van der Waals surface area contributed by atoms with E-state index in [0.717, 1.165) is 22.5 Å². The normalized spacial score (nSPS) is 11.1. The lowest BCUT2D eigenvalue weighted by molar-refractivity contribution is 0.338. The molecule has 0 amide bonds. The van der Waals surface area contributed by atoms with Crippen LogP contribution in [0, 0.1) is 19.7 Å². The van der Waals surface area contributed by atoms with Crippen LogP contribution in [0.2, 0.25) is 0 Å². The lowest BCUT2D eigenvalue weighted by Gasteiger charge is -2.17. The first-order chi connectivity index (χ1) is 14.5. The van der Waals surface area contributed by atoms with Gasteiger partial charge in [-0.25, -0.2) is 9.07 Å². The summed E-state index contributed by atoms with van der Waals surface area (Å²) in [6.45, 7) is 6.59. The number of aromatic nitrogens is 6. The van der Waals surface area contributed by atoms with Crippen molar-refractivity contribution in [1.29, 1.82) is 0 Å². The first-order valence-electron chi connectivity index (χ1n) is 9.61. The van der Waals surface area contributed by atoms with Crippen molar-refractivity contribution in [1.82, 2.24) is 29.9 Å². The van der Waals surface area contributed by atoms with Gasteiger partial charge in [0, 0.05) is 25.5 Å². The summed E-state index contributed by atoms with van der Waals surface area (Å²) in [6.07, 6.45) is 4.98. The second-order valence-corrected chi connectivity index (χ2v) is 6.93. The Balaban J connectivity index is 1.80. The predicted octanol–water partition coefficient (Wildman–Crippen LogP) is 3.40. The van der Waals surface area contributed by atoms with Crippen LogP contribution >= 0.6 is 0 Å². The second-order valence-electron chi connectivity index (χ2n) is 6.93. The summed E-state index contributed by atoms with van der Waals surface area (Å²) in [5.74, 6) is 0.663. The van der Waals surface area contributed by atoms with Crippen molar-refractivity contribution in [3.8, 4) is 11.4 Å². The van der Waals surface area contributed by atoms with E-state index in [9.17, 15) is 4.39 Å². The van der Waals surface area contributed by atoms with E-state index in [1.54, 1.807) is 35.4 Å². The molecule has 0 unspecified atom stereocenters. The largest absolute Gasteiger partial charge is 0.494 e. The summed E-state index contributed by atoms with van der Waals surface area (Å²) < 4.78 is 21.8. The molecule has 0 atom stereocenters. The molecule has 4 rings (SSSR count). The monoisotopic (exact) mass is 407 g/mol. The number of fused-ring (bicyclic) bond motifs is 1. The molecular weight excluding hydrogens is 385 g/mol. The van der Waals surface area contributed by atoms with Crippen molar-refractivity contribution in [3.63, 3.8) is 0 Å². The molecule has 4 aromatic rings. The number of aryl methyl sites for hydroxylation is 2. The minimum Gasteiger partial charge on any atom is -0.494 e. The minimum absolute atomic E-state index is 0.342. The lowest BCUT2D eigenvalue weighted by atomic mass is 10.2. The molecule has 0 N–H and O–H groups in total. The summed E-state index contributed by atoms with van der Waals surface area (Å²) >= 11 is 0. The molecule has 0 saturated heterocycles. The van der Waals surface area contributed by atoms with Gasteiger partial charge in [-0.05, 0) is 32.9 Å². The molecule has 0 radical (unpaired) electrons. The zero-order chi connectivity index (χ0) is 21.3. The minimum atomic E-state index is -0.412. The molecule has 154 valence electrons. The molecule has 0 fully saturated rings. The maximum absolute atomic E-state index is 14.8. The van der Waals surface area contributed by atoms with Gasteiger partial charge in [0.15, 0.2) is 11.6 Å². The summed E-state index contributed by atoms with van der Waals surface area (Å²) in [4.78, 5) is 10.3. The van der Waals surface area contributed by atoms with Crippen LogP contribution in [0.1, 0.15) is 24.0 Å². The summed E-state index contributed by atoms with van der Waals surface area (Å²) in [5, 5.41) is 14.2. The topological polar surface area (TPSA) is 81.9 Å². The van der Waals surface area contributed by atoms with Crippen molar-refractivity contribution >= 4 is 16.7 Å². The lowest BCUT2D eigenvalue weighted by Crippen LogP contribution is -2.19. The molecule has 0 aliphatic rings. The van der Waals surface area contributed by atoms with Gasteiger partial charge in [0.1, 0.15) is 17.0 Å². The number of ether oxygens (including phenoxy) is 1. The highest BCUT2D eigenvalue weighted by Crippen LogP contribution is 2.30. The fraction of sp³-hybridized carbons (Fsp3) is 0.286. The number of halogens is 1. The van der Waals surface area contributed by atoms with E-state index in [1.165, 1.54) is 6.07 Å². The number of benzene rings is 1. The van der Waals surface area contributed by atoms with E-state index in [1.807, 2.05) is 32.7 Å². The number of anilines is 1. The third kappa shape index (κ3) is 3.54. The van der Waals surface area contributed by atoms with E-state index >= 15 is 0 Å². The Morgan fingerprint density at radius 3 is 2.70 bits per heavy atom. The predicted molar refractivity (Wildman–Crippen MR) is 111 cm³/mol. The van der Waals surface area contributed by atoms with Gasteiger partial charge in [0.2, 0.25) is 0 Å². The van der Waals surface area contributed by atoms with Gasteiger partial charge in [0.05, 0.1) is 41.8 Å². The molecule has 1 aromatic carbocycles. The molecule has 0 spiro atoms. The SMILES string of the molecule is CCOc1ccc(-n2nc3c(N(C)Cc4cnccn4)nnc(C)c3c2C)c(F)c1. The number of rotatable bonds is 6. The van der Waals surface area contributed by atoms with Gasteiger partial charge < -0.3 is 9.64 Å². The van der Waals surface area contributed by atoms with Crippen LogP contribution < -0.4 is 9.64 Å². The molecule has 3 aromatic heterocycles. The number of hydrogen-bond donors (Lipinski definition) is 0. The highest BCUT2D eigenvalue weighted by Gasteiger charge is 2.21. The van der Waals surface area contributed by atoms with Crippen molar-refractivity contribution in [2.45, 2.75) is 27.3 Å². The van der Waals surface area contributed by atoms with E-state index in [4.69, 9.17) is 9.84 Å². The van der Waals surface area contributed by atoms with Crippen LogP contribution in [0.3, 0.4) is 0 Å². The number of hydrogen-bond acceptors (Lipinski definition) is 7. The molecule has 30 heavy (non-hydrogen) atoms. The first kappa shape index (κ1) is 19.7. The molecule has 0 aliphatic heterocycles. The maximum Gasteiger partial charge on any atom is 0.179 e. The Hall–Kier alpha value is -3.62. The van der Waals surface area contributed by atoms with Crippen molar-refractivity contribution < 1.29 is 9.13 Å². The van der Waals surface area contributed by atoms with Gasteiger partial charge in [-0.1, -0.05) is 0 Å². The van der Waals surface area contributed by atoms with Gasteiger partial charge in [-0.2, -0.15) is 10.2 Å². The second kappa shape index (κ2) is 8.02. The van der Waals surface area contributed by atoms with E-state index in [-0.39, 0.29) is 0 Å². The Morgan fingerprint density at radius 1 is 1.17 bits per heavy atom. The average Bonchev–Trinajstić information content (AvgIpc) is 3.07. The third-order valence-electron chi connectivity index (χ3n) is 4.82. The van der Waals surface area contributed by atoms with Crippen LogP contribution in [-0.2, 0) is 6.54 Å². The summed E-state index contributed by atoms with van der Waals surface area (Å²) in [5.41, 5.74) is 3.31. The molecule has 0 aliphatic carbocycles. The van der Waals surface area contributed by atoms with E-state index in [2.05, 4.69) is 20.2 Å². The molecular formula is C21H22FN7O. The molecule has 9 heteroatoms. The Bertz CT molecular complexity index is 1190. The zero-order valence-corrected chi connectivity index (χ0v) is 17.3. The standard InChI is InChI=1S/C21H22FN7O/c1-5-30-16-6-7-18(17(22)10-16)29-14(3)19-13(2)25-26-21(20(19)27-29)28(4)12-15-11-23-8-9-24-15/h6-11H,5,12H2,1-4H3. The van der Waals surface area contributed by atoms with Gasteiger partial charge in [0.25, 0.3) is 0 Å². The van der Waals surface area contributed by atoms with Crippen molar-refractivity contribution in [2.24, 2.45) is 0 Å². The summed E-state index contributed by atoms with van der Waals surface area (Å²) in [6, 6.07) is 4.77. The summed E-state index contributed by atoms with van der Waals surface area (Å²) in [7, 11) is 1.89. The molecule has 0 bridgehead atoms. The third-order valence-corrected chi connectivity index (χ3v) is 4.82. The fourth-order valence-electron chi connectivity index (χ4n) is 3.45. The zero-order valence-electron chi connectivity index (χ0n) is 17.3.